The number of ether oxygens (including phenoxy) is 5. The summed E-state index contributed by atoms with van der Waals surface area (Å²) in [5.41, 5.74) is -1.90. The predicted octanol–water partition coefficient (Wildman–Crippen LogP) is 2.01. The first-order valence-electron chi connectivity index (χ1n) is 20.1. The minimum absolute atomic E-state index is 0.116. The summed E-state index contributed by atoms with van der Waals surface area (Å²) in [7, 11) is 0. The topological polar surface area (TPSA) is 205 Å². The van der Waals surface area contributed by atoms with E-state index in [0.717, 1.165) is 36.8 Å². The Hall–Kier alpha value is -1.49. The lowest BCUT2D eigenvalue weighted by atomic mass is 9.35. The third-order valence-corrected chi connectivity index (χ3v) is 17.1. The molecule has 2 bridgehead atoms. The largest absolute Gasteiger partial charge is 0.455 e. The Morgan fingerprint density at radius 1 is 0.815 bits per heavy atom. The number of carbonyl (C=O) groups excluding carboxylic acids is 1. The van der Waals surface area contributed by atoms with Crippen molar-refractivity contribution in [3.63, 3.8) is 0 Å². The fourth-order valence-corrected chi connectivity index (χ4v) is 13.3. The second kappa shape index (κ2) is 12.5. The second-order valence-electron chi connectivity index (χ2n) is 19.8. The van der Waals surface area contributed by atoms with Crippen LogP contribution in [0.15, 0.2) is 23.3 Å². The quantitative estimate of drug-likeness (QED) is 0.158. The fraction of sp³-hybridized carbons (Fsp3) is 0.878. The summed E-state index contributed by atoms with van der Waals surface area (Å²) in [5, 5.41) is 74.9. The molecule has 18 atom stereocenters. The molecule has 0 radical (unpaired) electrons. The van der Waals surface area contributed by atoms with Gasteiger partial charge < -0.3 is 59.4 Å². The van der Waals surface area contributed by atoms with Crippen LogP contribution < -0.4 is 0 Å². The lowest BCUT2D eigenvalue weighted by Crippen LogP contribution is -2.71. The summed E-state index contributed by atoms with van der Waals surface area (Å²) < 4.78 is 30.2. The van der Waals surface area contributed by atoms with Gasteiger partial charge in [-0.05, 0) is 110 Å². The highest BCUT2D eigenvalue weighted by atomic mass is 16.8. The number of esters is 1. The Bertz CT molecular complexity index is 1590. The van der Waals surface area contributed by atoms with Crippen molar-refractivity contribution in [2.24, 2.45) is 38.9 Å². The van der Waals surface area contributed by atoms with Crippen molar-refractivity contribution < 1.29 is 64.2 Å². The SMILES string of the molecule is CC1(C)C2CC[C@]3(C)[C@H](C=CC4=C5[C@]6(CC[C@](C)(OC6=O)[C@@]5(C)O)CC[C@]43C)[C@@]2(C)CC[C@@H]1O[C@@H]1OC[C@H](O)[C@H](O)[C@H]1O[C@@H]1O[C@H](CO)[C@@H](O)[C@H](O)[C@H]1O. The molecule has 0 amide bonds. The molecule has 0 aromatic heterocycles. The van der Waals surface area contributed by atoms with Crippen LogP contribution in [0.3, 0.4) is 0 Å². The van der Waals surface area contributed by atoms with Crippen molar-refractivity contribution in [3.05, 3.63) is 23.3 Å². The number of aliphatic hydroxyl groups is 7. The van der Waals surface area contributed by atoms with Crippen LogP contribution in [0.1, 0.15) is 99.8 Å². The molecule has 13 heteroatoms. The third-order valence-electron chi connectivity index (χ3n) is 17.1. The Balaban J connectivity index is 1.07. The van der Waals surface area contributed by atoms with Gasteiger partial charge in [-0.1, -0.05) is 46.8 Å². The van der Waals surface area contributed by atoms with Crippen LogP contribution in [-0.2, 0) is 28.5 Å². The second-order valence-corrected chi connectivity index (χ2v) is 19.8. The Morgan fingerprint density at radius 3 is 2.20 bits per heavy atom. The predicted molar refractivity (Wildman–Crippen MR) is 191 cm³/mol. The molecule has 0 aromatic rings. The smallest absolute Gasteiger partial charge is 0.317 e. The van der Waals surface area contributed by atoms with Crippen molar-refractivity contribution in [1.82, 2.24) is 0 Å². The molecule has 1 unspecified atom stereocenters. The maximum absolute atomic E-state index is 13.7. The van der Waals surface area contributed by atoms with E-state index in [9.17, 15) is 40.5 Å². The van der Waals surface area contributed by atoms with Crippen molar-refractivity contribution in [3.8, 4) is 0 Å². The summed E-state index contributed by atoms with van der Waals surface area (Å²) in [5.74, 6) is 0.255. The standard InChI is InChI=1S/C41H62O13/c1-35(2)23-10-13-38(5)24(9-8-20-31-40(7,49)39(6)15-17-41(31,34(48)54-39)16-14-37(20,38)4)36(23,3)12-11-25(35)52-33-30(26(44)21(43)19-50-33)53-32-29(47)28(46)27(45)22(18-42)51-32/h8-9,21-30,32-33,42-47,49H,10-19H2,1-7H3/t21-,22+,23?,24+,25-,26-,27+,28-,29+,30+,32-,33-,36-,37+,38+,39-,40-,41+/m0/s1. The van der Waals surface area contributed by atoms with E-state index in [1.54, 1.807) is 0 Å². The van der Waals surface area contributed by atoms with E-state index in [2.05, 4.69) is 46.8 Å². The number of rotatable bonds is 5. The minimum Gasteiger partial charge on any atom is -0.455 e. The van der Waals surface area contributed by atoms with Crippen molar-refractivity contribution in [2.45, 2.75) is 172 Å². The van der Waals surface area contributed by atoms with E-state index in [-0.39, 0.29) is 52.2 Å². The van der Waals surface area contributed by atoms with Crippen LogP contribution in [0.5, 0.6) is 0 Å². The maximum atomic E-state index is 13.7. The summed E-state index contributed by atoms with van der Waals surface area (Å²) in [6.07, 6.45) is -2.42. The molecule has 9 aliphatic rings. The van der Waals surface area contributed by atoms with Crippen molar-refractivity contribution in [1.29, 1.82) is 0 Å². The first kappa shape index (κ1) is 39.3. The molecule has 304 valence electrons. The Morgan fingerprint density at radius 2 is 1.52 bits per heavy atom. The highest BCUT2D eigenvalue weighted by molar-refractivity contribution is 5.86. The van der Waals surface area contributed by atoms with Gasteiger partial charge in [0.25, 0.3) is 0 Å². The Kier molecular flexibility index (Phi) is 9.11. The number of allylic oxidation sites excluding steroid dienone is 3. The molecule has 0 aromatic carbocycles. The van der Waals surface area contributed by atoms with Crippen LogP contribution in [0.25, 0.3) is 0 Å². The molecule has 3 saturated carbocycles. The van der Waals surface area contributed by atoms with Crippen LogP contribution in [0, 0.1) is 38.9 Å². The molecular weight excluding hydrogens is 700 g/mol. The Labute approximate surface area is 317 Å². The molecule has 9 rings (SSSR count). The van der Waals surface area contributed by atoms with Crippen LogP contribution in [0.4, 0.5) is 0 Å². The molecule has 54 heavy (non-hydrogen) atoms. The van der Waals surface area contributed by atoms with Gasteiger partial charge in [-0.2, -0.15) is 0 Å². The zero-order valence-corrected chi connectivity index (χ0v) is 32.7. The molecule has 4 saturated heterocycles. The van der Waals surface area contributed by atoms with Gasteiger partial charge in [-0.3, -0.25) is 4.79 Å². The van der Waals surface area contributed by atoms with Crippen LogP contribution >= 0.6 is 0 Å². The normalized spacial score (nSPS) is 56.4. The van der Waals surface area contributed by atoms with Gasteiger partial charge in [0, 0.05) is 0 Å². The number of hydrogen-bond donors (Lipinski definition) is 7. The highest BCUT2D eigenvalue weighted by Gasteiger charge is 2.73. The monoisotopic (exact) mass is 762 g/mol. The third kappa shape index (κ3) is 4.99. The van der Waals surface area contributed by atoms with E-state index < -0.39 is 78.5 Å². The molecule has 13 nitrogen and oxygen atoms in total. The number of aliphatic hydroxyl groups excluding tert-OH is 6. The molecular formula is C41H62O13. The lowest BCUT2D eigenvalue weighted by Gasteiger charge is -2.71. The van der Waals surface area contributed by atoms with Crippen molar-refractivity contribution >= 4 is 5.97 Å². The van der Waals surface area contributed by atoms with Gasteiger partial charge in [-0.25, -0.2) is 0 Å². The number of carbonyl (C=O) groups is 1. The molecule has 4 heterocycles. The zero-order chi connectivity index (χ0) is 39.2. The van der Waals surface area contributed by atoms with E-state index in [4.69, 9.17) is 23.7 Å². The number of hydrogen-bond acceptors (Lipinski definition) is 13. The summed E-state index contributed by atoms with van der Waals surface area (Å²) >= 11 is 0. The van der Waals surface area contributed by atoms with E-state index in [0.29, 0.717) is 25.7 Å². The van der Waals surface area contributed by atoms with Gasteiger partial charge >= 0.3 is 5.97 Å². The van der Waals surface area contributed by atoms with E-state index in [1.165, 1.54) is 0 Å². The highest BCUT2D eigenvalue weighted by Crippen LogP contribution is 2.75. The van der Waals surface area contributed by atoms with Crippen LogP contribution in [0.2, 0.25) is 0 Å². The molecule has 4 aliphatic heterocycles. The molecule has 7 fully saturated rings. The average Bonchev–Trinajstić information content (AvgIpc) is 3.10. The first-order chi connectivity index (χ1) is 25.1. The summed E-state index contributed by atoms with van der Waals surface area (Å²) in [6.45, 7) is 14.5. The summed E-state index contributed by atoms with van der Waals surface area (Å²) in [4.78, 5) is 13.7. The van der Waals surface area contributed by atoms with Gasteiger partial charge in [0.2, 0.25) is 0 Å². The van der Waals surface area contributed by atoms with Gasteiger partial charge in [0.15, 0.2) is 12.6 Å². The van der Waals surface area contributed by atoms with Crippen LogP contribution in [-0.4, -0.2) is 128 Å². The number of fused-ring (bicyclic) bond motifs is 7. The van der Waals surface area contributed by atoms with Crippen molar-refractivity contribution in [2.75, 3.05) is 13.2 Å². The average molecular weight is 763 g/mol. The minimum atomic E-state index is -1.70. The fourth-order valence-electron chi connectivity index (χ4n) is 13.3. The van der Waals surface area contributed by atoms with Gasteiger partial charge in [0.1, 0.15) is 53.9 Å². The first-order valence-corrected chi connectivity index (χ1v) is 20.1. The maximum Gasteiger partial charge on any atom is 0.317 e. The van der Waals surface area contributed by atoms with E-state index in [1.807, 2.05) is 13.8 Å². The zero-order valence-electron chi connectivity index (χ0n) is 32.7. The van der Waals surface area contributed by atoms with E-state index >= 15 is 0 Å². The van der Waals surface area contributed by atoms with Gasteiger partial charge in [0.05, 0.1) is 24.7 Å². The molecule has 1 spiro atoms. The molecule has 7 N–H and O–H groups in total. The molecule has 5 aliphatic carbocycles. The lowest BCUT2D eigenvalue weighted by molar-refractivity contribution is -0.367. The summed E-state index contributed by atoms with van der Waals surface area (Å²) in [6, 6.07) is 0. The van der Waals surface area contributed by atoms with Gasteiger partial charge in [-0.15, -0.1) is 0 Å².